The van der Waals surface area contributed by atoms with E-state index in [0.717, 1.165) is 60.4 Å². The summed E-state index contributed by atoms with van der Waals surface area (Å²) in [6.07, 6.45) is 9.72. The molecule has 8 heteroatoms. The van der Waals surface area contributed by atoms with E-state index in [9.17, 15) is 0 Å². The molecule has 0 bridgehead atoms. The van der Waals surface area contributed by atoms with Crippen molar-refractivity contribution in [2.45, 2.75) is 25.7 Å². The predicted molar refractivity (Wildman–Crippen MR) is 127 cm³/mol. The lowest BCUT2D eigenvalue weighted by Crippen LogP contribution is -2.22. The first-order valence-corrected chi connectivity index (χ1v) is 10.4. The minimum absolute atomic E-state index is 0.153. The van der Waals surface area contributed by atoms with Crippen LogP contribution >= 0.6 is 0 Å². The number of hydrogen-bond acceptors (Lipinski definition) is 6. The zero-order chi connectivity index (χ0) is 21.9. The zero-order valence-electron chi connectivity index (χ0n) is 17.8. The summed E-state index contributed by atoms with van der Waals surface area (Å²) in [5, 5.41) is 4.40. The first kappa shape index (κ1) is 22.0. The molecule has 2 aromatic heterocycles. The van der Waals surface area contributed by atoms with Gasteiger partial charge in [-0.05, 0) is 55.3 Å². The van der Waals surface area contributed by atoms with Gasteiger partial charge in [0.1, 0.15) is 11.6 Å². The Morgan fingerprint density at radius 2 is 1.94 bits per heavy atom. The van der Waals surface area contributed by atoms with Crippen LogP contribution in [0.2, 0.25) is 0 Å². The number of nitrogens with zero attached hydrogens (tertiary/aromatic N) is 4. The van der Waals surface area contributed by atoms with Gasteiger partial charge >= 0.3 is 0 Å². The average molecular weight is 420 g/mol. The van der Waals surface area contributed by atoms with E-state index in [1.165, 1.54) is 0 Å². The van der Waals surface area contributed by atoms with E-state index in [1.54, 1.807) is 13.3 Å². The summed E-state index contributed by atoms with van der Waals surface area (Å²) in [5.41, 5.74) is 12.4. The standard InChI is InChI=1S/C23H29N7O/c1-31-18-10-11-20-19(16-18)22(27-14-5-2-3-6-15-28-23(24)25)30-21(29-20)12-9-17-8-4-7-13-26-17/h4,7-13,16H,2-3,5-6,14-15H2,1H3,(H4,24,25,28)(H,27,29,30). The van der Waals surface area contributed by atoms with Crippen molar-refractivity contribution in [3.8, 4) is 5.75 Å². The molecule has 5 N–H and O–H groups in total. The van der Waals surface area contributed by atoms with Crippen molar-refractivity contribution in [1.29, 1.82) is 0 Å². The minimum Gasteiger partial charge on any atom is -0.497 e. The van der Waals surface area contributed by atoms with Crippen LogP contribution in [0.5, 0.6) is 5.75 Å². The molecule has 0 saturated heterocycles. The number of pyridine rings is 1. The molecule has 0 aliphatic heterocycles. The summed E-state index contributed by atoms with van der Waals surface area (Å²) >= 11 is 0. The van der Waals surface area contributed by atoms with Gasteiger partial charge in [-0.3, -0.25) is 9.98 Å². The fraction of sp³-hybridized carbons (Fsp3) is 0.304. The Morgan fingerprint density at radius 3 is 2.71 bits per heavy atom. The molecule has 0 spiro atoms. The number of aromatic nitrogens is 3. The lowest BCUT2D eigenvalue weighted by atomic mass is 10.2. The third-order valence-corrected chi connectivity index (χ3v) is 4.68. The minimum atomic E-state index is 0.153. The Labute approximate surface area is 182 Å². The van der Waals surface area contributed by atoms with Gasteiger partial charge in [0.15, 0.2) is 11.8 Å². The number of benzene rings is 1. The van der Waals surface area contributed by atoms with Gasteiger partial charge in [-0.2, -0.15) is 0 Å². The molecule has 0 amide bonds. The summed E-state index contributed by atoms with van der Waals surface area (Å²) in [6.45, 7) is 1.49. The zero-order valence-corrected chi connectivity index (χ0v) is 17.8. The van der Waals surface area contributed by atoms with E-state index in [0.29, 0.717) is 12.4 Å². The number of rotatable bonds is 11. The maximum Gasteiger partial charge on any atom is 0.185 e. The predicted octanol–water partition coefficient (Wildman–Crippen LogP) is 3.45. The van der Waals surface area contributed by atoms with Gasteiger partial charge in [-0.25, -0.2) is 9.97 Å². The molecule has 2 heterocycles. The largest absolute Gasteiger partial charge is 0.497 e. The van der Waals surface area contributed by atoms with Gasteiger partial charge in [0.2, 0.25) is 0 Å². The molecule has 3 aromatic rings. The lowest BCUT2D eigenvalue weighted by molar-refractivity contribution is 0.415. The number of guanidine groups is 1. The summed E-state index contributed by atoms with van der Waals surface area (Å²) in [6, 6.07) is 11.6. The van der Waals surface area contributed by atoms with Crippen LogP contribution in [0.15, 0.2) is 47.6 Å². The lowest BCUT2D eigenvalue weighted by Gasteiger charge is -2.11. The van der Waals surface area contributed by atoms with Crippen molar-refractivity contribution in [2.75, 3.05) is 25.5 Å². The maximum absolute atomic E-state index is 5.38. The van der Waals surface area contributed by atoms with Crippen molar-refractivity contribution >= 4 is 34.8 Å². The molecule has 31 heavy (non-hydrogen) atoms. The second-order valence-electron chi connectivity index (χ2n) is 7.05. The highest BCUT2D eigenvalue weighted by Gasteiger charge is 2.08. The highest BCUT2D eigenvalue weighted by molar-refractivity contribution is 5.91. The molecule has 1 aromatic carbocycles. The van der Waals surface area contributed by atoms with Crippen molar-refractivity contribution < 1.29 is 4.74 Å². The molecule has 0 unspecified atom stereocenters. The van der Waals surface area contributed by atoms with Crippen molar-refractivity contribution in [3.63, 3.8) is 0 Å². The summed E-state index contributed by atoms with van der Waals surface area (Å²) in [7, 11) is 1.65. The van der Waals surface area contributed by atoms with Crippen LogP contribution in [0.1, 0.15) is 37.2 Å². The molecule has 0 aliphatic carbocycles. The van der Waals surface area contributed by atoms with Crippen molar-refractivity contribution in [1.82, 2.24) is 15.0 Å². The molecule has 0 aliphatic rings. The first-order chi connectivity index (χ1) is 15.2. The molecule has 8 nitrogen and oxygen atoms in total. The quantitative estimate of drug-likeness (QED) is 0.247. The van der Waals surface area contributed by atoms with Gasteiger partial charge in [0.05, 0.1) is 18.3 Å². The Kier molecular flexibility index (Phi) is 8.16. The van der Waals surface area contributed by atoms with Crippen molar-refractivity contribution in [3.05, 3.63) is 54.1 Å². The Hall–Kier alpha value is -3.68. The molecule has 3 rings (SSSR count). The number of fused-ring (bicyclic) bond motifs is 1. The smallest absolute Gasteiger partial charge is 0.185 e. The van der Waals surface area contributed by atoms with Gasteiger partial charge < -0.3 is 21.5 Å². The van der Waals surface area contributed by atoms with Gasteiger partial charge in [0.25, 0.3) is 0 Å². The van der Waals surface area contributed by atoms with Crippen LogP contribution < -0.4 is 21.5 Å². The fourth-order valence-corrected chi connectivity index (χ4v) is 3.10. The van der Waals surface area contributed by atoms with Crippen LogP contribution in [0.4, 0.5) is 5.82 Å². The monoisotopic (exact) mass is 419 g/mol. The number of ether oxygens (including phenoxy) is 1. The summed E-state index contributed by atoms with van der Waals surface area (Å²) in [4.78, 5) is 17.7. The number of nitrogens with two attached hydrogens (primary N) is 2. The molecule has 0 fully saturated rings. The number of anilines is 1. The summed E-state index contributed by atoms with van der Waals surface area (Å²) < 4.78 is 5.38. The van der Waals surface area contributed by atoms with Gasteiger partial charge in [-0.1, -0.05) is 18.9 Å². The number of nitrogens with one attached hydrogen (secondary N) is 1. The SMILES string of the molecule is COc1ccc2nc(C=Cc3ccccn3)nc(NCCCCCCN=C(N)N)c2c1. The normalized spacial score (nSPS) is 11.0. The molecule has 0 radical (unpaired) electrons. The molecule has 0 saturated carbocycles. The molecular formula is C23H29N7O. The van der Waals surface area contributed by atoms with E-state index in [4.69, 9.17) is 21.2 Å². The second kappa shape index (κ2) is 11.5. The maximum atomic E-state index is 5.38. The first-order valence-electron chi connectivity index (χ1n) is 10.4. The Balaban J connectivity index is 1.68. The van der Waals surface area contributed by atoms with Crippen LogP contribution in [0.3, 0.4) is 0 Å². The number of methoxy groups -OCH3 is 1. The Bertz CT molecular complexity index is 1030. The van der Waals surface area contributed by atoms with Gasteiger partial charge in [0, 0.05) is 24.7 Å². The van der Waals surface area contributed by atoms with E-state index in [-0.39, 0.29) is 5.96 Å². The highest BCUT2D eigenvalue weighted by atomic mass is 16.5. The van der Waals surface area contributed by atoms with Crippen LogP contribution in [0, 0.1) is 0 Å². The van der Waals surface area contributed by atoms with E-state index >= 15 is 0 Å². The third-order valence-electron chi connectivity index (χ3n) is 4.68. The van der Waals surface area contributed by atoms with Crippen LogP contribution in [-0.4, -0.2) is 41.1 Å². The van der Waals surface area contributed by atoms with Crippen molar-refractivity contribution in [2.24, 2.45) is 16.5 Å². The number of aliphatic imine (C=N–C) groups is 1. The van der Waals surface area contributed by atoms with Crippen LogP contribution in [0.25, 0.3) is 23.1 Å². The fourth-order valence-electron chi connectivity index (χ4n) is 3.10. The third kappa shape index (κ3) is 6.95. The molecule has 0 atom stereocenters. The molecular weight excluding hydrogens is 390 g/mol. The topological polar surface area (TPSA) is 124 Å². The highest BCUT2D eigenvalue weighted by Crippen LogP contribution is 2.25. The van der Waals surface area contributed by atoms with E-state index in [1.807, 2.05) is 48.6 Å². The number of hydrogen-bond donors (Lipinski definition) is 3. The van der Waals surface area contributed by atoms with E-state index in [2.05, 4.69) is 20.3 Å². The average Bonchev–Trinajstić information content (AvgIpc) is 2.79. The summed E-state index contributed by atoms with van der Waals surface area (Å²) in [5.74, 6) is 2.35. The molecule has 162 valence electrons. The Morgan fingerprint density at radius 1 is 1.06 bits per heavy atom. The van der Waals surface area contributed by atoms with Crippen LogP contribution in [-0.2, 0) is 0 Å². The van der Waals surface area contributed by atoms with E-state index < -0.39 is 0 Å². The van der Waals surface area contributed by atoms with Gasteiger partial charge in [-0.15, -0.1) is 0 Å². The number of unbranched alkanes of at least 4 members (excludes halogenated alkanes) is 3. The second-order valence-corrected chi connectivity index (χ2v) is 7.05.